The molecule has 0 bridgehead atoms. The highest BCUT2D eigenvalue weighted by molar-refractivity contribution is 5.84. The van der Waals surface area contributed by atoms with Crippen molar-refractivity contribution in [3.8, 4) is 0 Å². The molecule has 4 N–H and O–H groups in total. The number of hydrogen-bond donors (Lipinski definition) is 3. The van der Waals surface area contributed by atoms with Crippen LogP contribution in [-0.2, 0) is 6.42 Å². The van der Waals surface area contributed by atoms with Crippen LogP contribution in [0.25, 0.3) is 0 Å². The smallest absolute Gasteiger partial charge is 0.156 e. The van der Waals surface area contributed by atoms with Crippen LogP contribution in [0.15, 0.2) is 35.5 Å². The van der Waals surface area contributed by atoms with E-state index in [1.807, 2.05) is 25.1 Å². The lowest BCUT2D eigenvalue weighted by atomic mass is 10.1. The summed E-state index contributed by atoms with van der Waals surface area (Å²) in [7, 11) is 0. The third-order valence-electron chi connectivity index (χ3n) is 2.80. The van der Waals surface area contributed by atoms with Gasteiger partial charge in [-0.25, -0.2) is 0 Å². The van der Waals surface area contributed by atoms with E-state index >= 15 is 0 Å². The molecule has 17 heavy (non-hydrogen) atoms. The first-order valence-corrected chi connectivity index (χ1v) is 5.91. The summed E-state index contributed by atoms with van der Waals surface area (Å²) in [6, 6.07) is 10.6. The predicted molar refractivity (Wildman–Crippen MR) is 70.2 cm³/mol. The van der Waals surface area contributed by atoms with Crippen molar-refractivity contribution in [3.05, 3.63) is 35.9 Å². The van der Waals surface area contributed by atoms with E-state index in [9.17, 15) is 0 Å². The molecule has 1 aromatic rings. The Morgan fingerprint density at radius 2 is 2.00 bits per heavy atom. The molecule has 2 atom stereocenters. The van der Waals surface area contributed by atoms with Crippen molar-refractivity contribution in [1.82, 2.24) is 5.32 Å². The molecule has 0 saturated carbocycles. The van der Waals surface area contributed by atoms with Gasteiger partial charge in [-0.3, -0.25) is 0 Å². The molecule has 0 aliphatic rings. The highest BCUT2D eigenvalue weighted by atomic mass is 16.4. The zero-order valence-corrected chi connectivity index (χ0v) is 10.4. The van der Waals surface area contributed by atoms with Gasteiger partial charge < -0.3 is 16.3 Å². The van der Waals surface area contributed by atoms with E-state index < -0.39 is 0 Å². The van der Waals surface area contributed by atoms with E-state index in [1.54, 1.807) is 0 Å². The van der Waals surface area contributed by atoms with Gasteiger partial charge in [-0.05, 0) is 32.3 Å². The van der Waals surface area contributed by atoms with Crippen LogP contribution >= 0.6 is 0 Å². The molecule has 0 amide bonds. The standard InChI is InChI=1S/C13H21N3O/c1-10(15-11(2)13(14)16-17)8-9-12-6-4-3-5-7-12/h3-7,10-11,15,17H,8-9H2,1-2H3,(H2,14,16). The summed E-state index contributed by atoms with van der Waals surface area (Å²) in [4.78, 5) is 0. The molecule has 1 aromatic carbocycles. The van der Waals surface area contributed by atoms with Crippen LogP contribution in [0.1, 0.15) is 25.8 Å². The fraction of sp³-hybridized carbons (Fsp3) is 0.462. The summed E-state index contributed by atoms with van der Waals surface area (Å²) >= 11 is 0. The Hall–Kier alpha value is -1.55. The van der Waals surface area contributed by atoms with Crippen molar-refractivity contribution >= 4 is 5.84 Å². The minimum atomic E-state index is -0.106. The number of nitrogens with zero attached hydrogens (tertiary/aromatic N) is 1. The zero-order valence-electron chi connectivity index (χ0n) is 10.4. The highest BCUT2D eigenvalue weighted by Crippen LogP contribution is 2.05. The van der Waals surface area contributed by atoms with Crippen LogP contribution < -0.4 is 11.1 Å². The summed E-state index contributed by atoms with van der Waals surface area (Å²) in [5, 5.41) is 14.8. The lowest BCUT2D eigenvalue weighted by molar-refractivity contribution is 0.314. The first-order chi connectivity index (χ1) is 8.13. The minimum Gasteiger partial charge on any atom is -0.409 e. The van der Waals surface area contributed by atoms with E-state index in [2.05, 4.69) is 29.5 Å². The van der Waals surface area contributed by atoms with Crippen molar-refractivity contribution in [2.75, 3.05) is 0 Å². The fourth-order valence-electron chi connectivity index (χ4n) is 1.71. The maximum absolute atomic E-state index is 8.55. The summed E-state index contributed by atoms with van der Waals surface area (Å²) < 4.78 is 0. The molecular formula is C13H21N3O. The van der Waals surface area contributed by atoms with Gasteiger partial charge in [0.2, 0.25) is 0 Å². The summed E-state index contributed by atoms with van der Waals surface area (Å²) in [5.74, 6) is 0.219. The van der Waals surface area contributed by atoms with Crippen LogP contribution in [-0.4, -0.2) is 23.1 Å². The Morgan fingerprint density at radius 1 is 1.35 bits per heavy atom. The normalized spacial score (nSPS) is 15.5. The van der Waals surface area contributed by atoms with E-state index in [4.69, 9.17) is 10.9 Å². The van der Waals surface area contributed by atoms with Gasteiger partial charge in [-0.1, -0.05) is 35.5 Å². The molecule has 0 fully saturated rings. The van der Waals surface area contributed by atoms with Gasteiger partial charge >= 0.3 is 0 Å². The summed E-state index contributed by atoms with van der Waals surface area (Å²) in [6.07, 6.45) is 2.05. The molecule has 0 heterocycles. The largest absolute Gasteiger partial charge is 0.409 e. The average molecular weight is 235 g/mol. The van der Waals surface area contributed by atoms with E-state index in [-0.39, 0.29) is 11.9 Å². The molecule has 4 nitrogen and oxygen atoms in total. The highest BCUT2D eigenvalue weighted by Gasteiger charge is 2.10. The van der Waals surface area contributed by atoms with Crippen LogP contribution in [0, 0.1) is 0 Å². The molecule has 0 spiro atoms. The van der Waals surface area contributed by atoms with Gasteiger partial charge in [0.05, 0.1) is 6.04 Å². The van der Waals surface area contributed by atoms with Crippen molar-refractivity contribution in [2.24, 2.45) is 10.9 Å². The molecule has 2 unspecified atom stereocenters. The van der Waals surface area contributed by atoms with Gasteiger partial charge in [-0.2, -0.15) is 0 Å². The first kappa shape index (κ1) is 13.5. The number of nitrogens with one attached hydrogen (secondary N) is 1. The molecule has 94 valence electrons. The Morgan fingerprint density at radius 3 is 2.59 bits per heavy atom. The number of rotatable bonds is 6. The second kappa shape index (κ2) is 6.91. The Kier molecular flexibility index (Phi) is 5.49. The molecule has 0 aliphatic heterocycles. The average Bonchev–Trinajstić information content (AvgIpc) is 2.36. The lowest BCUT2D eigenvalue weighted by Crippen LogP contribution is -2.43. The molecule has 0 saturated heterocycles. The molecule has 0 radical (unpaired) electrons. The quantitative estimate of drug-likeness (QED) is 0.304. The zero-order chi connectivity index (χ0) is 12.7. The second-order valence-electron chi connectivity index (χ2n) is 4.34. The van der Waals surface area contributed by atoms with Gasteiger partial charge in [0.15, 0.2) is 5.84 Å². The number of aryl methyl sites for hydroxylation is 1. The first-order valence-electron chi connectivity index (χ1n) is 5.91. The molecule has 1 rings (SSSR count). The predicted octanol–water partition coefficient (Wildman–Crippen LogP) is 1.73. The summed E-state index contributed by atoms with van der Waals surface area (Å²) in [5.41, 5.74) is 6.84. The maximum atomic E-state index is 8.55. The number of amidine groups is 1. The van der Waals surface area contributed by atoms with E-state index in [0.29, 0.717) is 6.04 Å². The van der Waals surface area contributed by atoms with Crippen molar-refractivity contribution in [1.29, 1.82) is 0 Å². The Balaban J connectivity index is 2.33. The topological polar surface area (TPSA) is 70.6 Å². The van der Waals surface area contributed by atoms with Crippen LogP contribution in [0.2, 0.25) is 0 Å². The second-order valence-corrected chi connectivity index (χ2v) is 4.34. The Labute approximate surface area is 103 Å². The monoisotopic (exact) mass is 235 g/mol. The van der Waals surface area contributed by atoms with Gasteiger partial charge in [0.25, 0.3) is 0 Å². The van der Waals surface area contributed by atoms with Crippen LogP contribution in [0.4, 0.5) is 0 Å². The number of oxime groups is 1. The van der Waals surface area contributed by atoms with Gasteiger partial charge in [0, 0.05) is 6.04 Å². The SMILES string of the molecule is CC(CCc1ccccc1)NC(C)C(N)=NO. The molecule has 4 heteroatoms. The van der Waals surface area contributed by atoms with E-state index in [1.165, 1.54) is 5.56 Å². The van der Waals surface area contributed by atoms with Crippen molar-refractivity contribution < 1.29 is 5.21 Å². The van der Waals surface area contributed by atoms with Crippen molar-refractivity contribution in [2.45, 2.75) is 38.8 Å². The third kappa shape index (κ3) is 4.87. The number of benzene rings is 1. The van der Waals surface area contributed by atoms with Crippen molar-refractivity contribution in [3.63, 3.8) is 0 Å². The Bertz CT molecular complexity index is 351. The molecular weight excluding hydrogens is 214 g/mol. The molecule has 0 aliphatic carbocycles. The third-order valence-corrected chi connectivity index (χ3v) is 2.80. The van der Waals surface area contributed by atoms with Crippen LogP contribution in [0.5, 0.6) is 0 Å². The minimum absolute atomic E-state index is 0.106. The number of nitrogens with two attached hydrogens (primary N) is 1. The molecule has 0 aromatic heterocycles. The lowest BCUT2D eigenvalue weighted by Gasteiger charge is -2.18. The van der Waals surface area contributed by atoms with Gasteiger partial charge in [-0.15, -0.1) is 0 Å². The van der Waals surface area contributed by atoms with Gasteiger partial charge in [0.1, 0.15) is 0 Å². The van der Waals surface area contributed by atoms with Crippen LogP contribution in [0.3, 0.4) is 0 Å². The van der Waals surface area contributed by atoms with E-state index in [0.717, 1.165) is 12.8 Å². The fourth-order valence-corrected chi connectivity index (χ4v) is 1.71. The number of hydrogen-bond acceptors (Lipinski definition) is 3. The summed E-state index contributed by atoms with van der Waals surface area (Å²) in [6.45, 7) is 3.98. The maximum Gasteiger partial charge on any atom is 0.156 e.